The summed E-state index contributed by atoms with van der Waals surface area (Å²) in [4.78, 5) is 37.9. The minimum Gasteiger partial charge on any atom is -0.465 e. The smallest absolute Gasteiger partial charge is 0.405 e. The van der Waals surface area contributed by atoms with Crippen molar-refractivity contribution < 1.29 is 33.0 Å². The number of aliphatic hydroxyl groups excluding tert-OH is 1. The van der Waals surface area contributed by atoms with E-state index in [0.29, 0.717) is 6.42 Å². The Bertz CT molecular complexity index is 1530. The van der Waals surface area contributed by atoms with E-state index in [9.17, 15) is 33.0 Å². The number of carboxylic acid groups (broad SMARTS) is 1. The summed E-state index contributed by atoms with van der Waals surface area (Å²) in [6, 6.07) is 21.3. The van der Waals surface area contributed by atoms with E-state index in [0.717, 1.165) is 11.1 Å². The molecule has 0 unspecified atom stereocenters. The molecule has 3 rings (SSSR count). The highest BCUT2D eigenvalue weighted by atomic mass is 32.2. The van der Waals surface area contributed by atoms with Crippen molar-refractivity contribution in [1.82, 2.24) is 16.0 Å². The Labute approximate surface area is 257 Å². The van der Waals surface area contributed by atoms with Gasteiger partial charge in [-0.15, -0.1) is 0 Å². The molecule has 0 aliphatic heterocycles. The summed E-state index contributed by atoms with van der Waals surface area (Å²) < 4.78 is 23.7. The van der Waals surface area contributed by atoms with E-state index in [2.05, 4.69) is 16.0 Å². The van der Waals surface area contributed by atoms with E-state index in [1.807, 2.05) is 60.7 Å². The van der Waals surface area contributed by atoms with Gasteiger partial charge in [-0.25, -0.2) is 18.4 Å². The summed E-state index contributed by atoms with van der Waals surface area (Å²) in [5, 5.41) is 34.2. The molecule has 0 saturated heterocycles. The summed E-state index contributed by atoms with van der Waals surface area (Å²) in [7, 11) is -4.03. The first kappa shape index (κ1) is 34.2. The predicted octanol–water partition coefficient (Wildman–Crippen LogP) is 2.84. The normalized spacial score (nSPS) is 14.5. The van der Waals surface area contributed by atoms with Gasteiger partial charge in [0, 0.05) is 11.6 Å². The number of rotatable bonds is 13. The third-order valence-electron chi connectivity index (χ3n) is 7.10. The lowest BCUT2D eigenvalue weighted by atomic mass is 9.85. The molecule has 0 aromatic heterocycles. The third kappa shape index (κ3) is 10.5. The van der Waals surface area contributed by atoms with Crippen LogP contribution in [0.5, 0.6) is 0 Å². The van der Waals surface area contributed by atoms with Gasteiger partial charge < -0.3 is 26.2 Å². The topological polar surface area (TPSA) is 188 Å². The maximum Gasteiger partial charge on any atom is 0.405 e. The largest absolute Gasteiger partial charge is 0.465 e. The zero-order valence-electron chi connectivity index (χ0n) is 24.9. The first-order chi connectivity index (χ1) is 20.6. The molecule has 4 atom stereocenters. The molecule has 44 heavy (non-hydrogen) atoms. The molecule has 0 radical (unpaired) electrons. The molecule has 0 aliphatic rings. The van der Waals surface area contributed by atoms with Crippen LogP contribution in [0, 0.1) is 5.41 Å². The van der Waals surface area contributed by atoms with E-state index >= 15 is 0 Å². The van der Waals surface area contributed by atoms with Crippen molar-refractivity contribution in [2.45, 2.75) is 69.2 Å². The van der Waals surface area contributed by atoms with Gasteiger partial charge in [-0.3, -0.25) is 9.59 Å². The van der Waals surface area contributed by atoms with Crippen molar-refractivity contribution in [1.29, 1.82) is 0 Å². The zero-order valence-corrected chi connectivity index (χ0v) is 25.8. The fraction of sp³-hybridized carbons (Fsp3) is 0.344. The number of benzene rings is 3. The predicted molar refractivity (Wildman–Crippen MR) is 166 cm³/mol. The lowest BCUT2D eigenvalue weighted by Crippen LogP contribution is -2.58. The Hall–Kier alpha value is -4.26. The number of hydrogen-bond donors (Lipinski definition) is 6. The molecule has 0 heterocycles. The molecular weight excluding hydrogens is 584 g/mol. The van der Waals surface area contributed by atoms with E-state index < -0.39 is 57.6 Å². The van der Waals surface area contributed by atoms with Crippen molar-refractivity contribution in [3.05, 3.63) is 102 Å². The second kappa shape index (κ2) is 15.0. The van der Waals surface area contributed by atoms with E-state index in [-0.39, 0.29) is 23.3 Å². The van der Waals surface area contributed by atoms with Crippen molar-refractivity contribution in [3.63, 3.8) is 0 Å². The van der Waals surface area contributed by atoms with E-state index in [1.165, 1.54) is 24.3 Å². The van der Waals surface area contributed by atoms with Crippen LogP contribution >= 0.6 is 0 Å². The molecule has 3 aromatic carbocycles. The Morgan fingerprint density at radius 3 is 1.91 bits per heavy atom. The lowest BCUT2D eigenvalue weighted by Gasteiger charge is -2.33. The quantitative estimate of drug-likeness (QED) is 0.169. The number of carbonyl (C=O) groups excluding carboxylic acids is 2. The lowest BCUT2D eigenvalue weighted by molar-refractivity contribution is -0.127. The van der Waals surface area contributed by atoms with Crippen LogP contribution < -0.4 is 21.1 Å². The van der Waals surface area contributed by atoms with Gasteiger partial charge in [0.05, 0.1) is 17.0 Å². The van der Waals surface area contributed by atoms with Crippen LogP contribution in [0.15, 0.2) is 89.8 Å². The molecule has 0 saturated carbocycles. The highest BCUT2D eigenvalue weighted by Gasteiger charge is 2.35. The van der Waals surface area contributed by atoms with Crippen molar-refractivity contribution in [2.75, 3.05) is 0 Å². The molecule has 0 bridgehead atoms. The number of sulfonamides is 1. The summed E-state index contributed by atoms with van der Waals surface area (Å²) in [6.07, 6.45) is -1.94. The number of aliphatic hydroxyl groups is 1. The van der Waals surface area contributed by atoms with Crippen LogP contribution in [0.2, 0.25) is 0 Å². The molecule has 0 fully saturated rings. The average Bonchev–Trinajstić information content (AvgIpc) is 2.95. The molecule has 3 aromatic rings. The number of amides is 3. The van der Waals surface area contributed by atoms with Gasteiger partial charge in [-0.2, -0.15) is 0 Å². The van der Waals surface area contributed by atoms with Crippen LogP contribution in [-0.4, -0.2) is 60.8 Å². The second-order valence-electron chi connectivity index (χ2n) is 11.8. The van der Waals surface area contributed by atoms with Crippen molar-refractivity contribution in [3.8, 4) is 0 Å². The fourth-order valence-corrected chi connectivity index (χ4v) is 5.41. The number of carbonyl (C=O) groups is 3. The maximum atomic E-state index is 13.4. The minimum absolute atomic E-state index is 0.0137. The SMILES string of the molecule is CC(C)(C)[C@H](NC(=O)O)C(=O)N[C@@H](Cc1ccccc1)[C@H](O)C[C@H](Cc1ccccc1)NC(=O)c1cccc(S(N)(=O)=O)c1. The molecular formula is C32H40N4O7S. The van der Waals surface area contributed by atoms with Gasteiger partial charge in [0.25, 0.3) is 5.91 Å². The first-order valence-corrected chi connectivity index (χ1v) is 15.7. The minimum atomic E-state index is -4.03. The first-order valence-electron chi connectivity index (χ1n) is 14.1. The molecule has 3 amide bonds. The summed E-state index contributed by atoms with van der Waals surface area (Å²) in [6.45, 7) is 5.18. The van der Waals surface area contributed by atoms with Crippen LogP contribution in [-0.2, 0) is 27.7 Å². The third-order valence-corrected chi connectivity index (χ3v) is 8.01. The van der Waals surface area contributed by atoms with Gasteiger partial charge in [-0.05, 0) is 54.0 Å². The summed E-state index contributed by atoms with van der Waals surface area (Å²) in [5.41, 5.74) is 1.02. The van der Waals surface area contributed by atoms with Gasteiger partial charge in [-0.1, -0.05) is 87.5 Å². The molecule has 236 valence electrons. The molecule has 7 N–H and O–H groups in total. The summed E-state index contributed by atoms with van der Waals surface area (Å²) >= 11 is 0. The van der Waals surface area contributed by atoms with Gasteiger partial charge in [0.2, 0.25) is 15.9 Å². The highest BCUT2D eigenvalue weighted by molar-refractivity contribution is 7.89. The molecule has 0 spiro atoms. The van der Waals surface area contributed by atoms with Crippen LogP contribution in [0.1, 0.15) is 48.7 Å². The molecule has 11 nitrogen and oxygen atoms in total. The van der Waals surface area contributed by atoms with Crippen LogP contribution in [0.4, 0.5) is 4.79 Å². The Kier molecular flexibility index (Phi) is 11.6. The van der Waals surface area contributed by atoms with Crippen molar-refractivity contribution in [2.24, 2.45) is 10.6 Å². The summed E-state index contributed by atoms with van der Waals surface area (Å²) in [5.74, 6) is -1.16. The number of hydrogen-bond acceptors (Lipinski definition) is 6. The maximum absolute atomic E-state index is 13.4. The Morgan fingerprint density at radius 2 is 1.39 bits per heavy atom. The number of nitrogens with two attached hydrogens (primary N) is 1. The highest BCUT2D eigenvalue weighted by Crippen LogP contribution is 2.21. The number of primary sulfonamides is 1. The van der Waals surface area contributed by atoms with Crippen LogP contribution in [0.3, 0.4) is 0 Å². The Balaban J connectivity index is 1.90. The molecule has 12 heteroatoms. The van der Waals surface area contributed by atoms with Crippen LogP contribution in [0.25, 0.3) is 0 Å². The van der Waals surface area contributed by atoms with Crippen molar-refractivity contribution >= 4 is 27.9 Å². The van der Waals surface area contributed by atoms with E-state index in [4.69, 9.17) is 5.14 Å². The zero-order chi connectivity index (χ0) is 32.5. The molecule has 0 aliphatic carbocycles. The second-order valence-corrected chi connectivity index (χ2v) is 13.4. The van der Waals surface area contributed by atoms with Gasteiger partial charge >= 0.3 is 6.09 Å². The standard InChI is InChI=1S/C32H40N4O7S/c1-32(2,3)28(36-31(40)41)30(39)35-26(18-22-13-8-5-9-14-22)27(37)20-24(17-21-11-6-4-7-12-21)34-29(38)23-15-10-16-25(19-23)44(33,42)43/h4-16,19,24,26-28,36-37H,17-18,20H2,1-3H3,(H,34,38)(H,35,39)(H,40,41)(H2,33,42,43)/t24-,26-,27+,28+/m0/s1. The average molecular weight is 625 g/mol. The number of nitrogens with one attached hydrogen (secondary N) is 3. The van der Waals surface area contributed by atoms with Gasteiger partial charge in [0.1, 0.15) is 6.04 Å². The van der Waals surface area contributed by atoms with Gasteiger partial charge in [0.15, 0.2) is 0 Å². The van der Waals surface area contributed by atoms with E-state index in [1.54, 1.807) is 20.8 Å². The monoisotopic (exact) mass is 624 g/mol. The fourth-order valence-electron chi connectivity index (χ4n) is 4.85. The Morgan fingerprint density at radius 1 is 0.818 bits per heavy atom.